The first kappa shape index (κ1) is 9.31. The average molecular weight is 166 g/mol. The minimum Gasteiger partial charge on any atom is -0.417 e. The Labute approximate surface area is 58.7 Å². The van der Waals surface area contributed by atoms with Gasteiger partial charge in [-0.05, 0) is 19.6 Å². The van der Waals surface area contributed by atoms with Crippen LogP contribution in [0.3, 0.4) is 0 Å². The third-order valence-corrected chi connectivity index (χ3v) is 5.56. The van der Waals surface area contributed by atoms with E-state index in [1.807, 2.05) is 13.1 Å². The van der Waals surface area contributed by atoms with Crippen LogP contribution in [0.25, 0.3) is 0 Å². The van der Waals surface area contributed by atoms with Crippen molar-refractivity contribution < 1.29 is 13.3 Å². The highest BCUT2D eigenvalue weighted by Crippen LogP contribution is 2.04. The molecular weight excluding hydrogens is 152 g/mol. The second-order valence-corrected chi connectivity index (χ2v) is 7.67. The summed E-state index contributed by atoms with van der Waals surface area (Å²) in [6.45, 7) is 5.53. The number of rotatable bonds is 3. The zero-order valence-electron chi connectivity index (χ0n) is 6.34. The molecule has 5 heteroatoms. The van der Waals surface area contributed by atoms with Gasteiger partial charge in [0, 0.05) is 7.11 Å². The first-order chi connectivity index (χ1) is 3.98. The molecule has 0 radical (unpaired) electrons. The molecule has 0 aromatic heterocycles. The first-order valence-electron chi connectivity index (χ1n) is 2.89. The fourth-order valence-corrected chi connectivity index (χ4v) is 4.13. The summed E-state index contributed by atoms with van der Waals surface area (Å²) in [6, 6.07) is 0. The second-order valence-electron chi connectivity index (χ2n) is 2.32. The Morgan fingerprint density at radius 1 is 1.44 bits per heavy atom. The molecule has 1 unspecified atom stereocenters. The normalized spacial score (nSPS) is 15.7. The molecule has 0 aromatic rings. The minimum atomic E-state index is -1.93. The smallest absolute Gasteiger partial charge is 0.322 e. The Morgan fingerprint density at radius 2 is 1.89 bits per heavy atom. The van der Waals surface area contributed by atoms with Crippen LogP contribution >= 0.6 is 0 Å². The summed E-state index contributed by atoms with van der Waals surface area (Å²) in [6.07, 6.45) is 0. The predicted molar refractivity (Wildman–Crippen MR) is 40.8 cm³/mol. The highest BCUT2D eigenvalue weighted by Gasteiger charge is 2.24. The molecule has 0 fully saturated rings. The summed E-state index contributed by atoms with van der Waals surface area (Å²) in [5.74, 6) is 0. The van der Waals surface area contributed by atoms with Crippen LogP contribution in [0.5, 0.6) is 0 Å². The lowest BCUT2D eigenvalue weighted by Crippen LogP contribution is -2.38. The van der Waals surface area contributed by atoms with E-state index in [1.54, 1.807) is 13.7 Å². The van der Waals surface area contributed by atoms with Crippen molar-refractivity contribution in [3.63, 3.8) is 0 Å². The zero-order valence-corrected chi connectivity index (χ0v) is 8.50. The Morgan fingerprint density at radius 3 is 2.00 bits per heavy atom. The van der Waals surface area contributed by atoms with Gasteiger partial charge in [-0.3, -0.25) is 0 Å². The van der Waals surface area contributed by atoms with E-state index in [9.17, 15) is 0 Å². The molecule has 0 aliphatic rings. The van der Waals surface area contributed by atoms with Crippen LogP contribution in [0.15, 0.2) is 0 Å². The van der Waals surface area contributed by atoms with Crippen LogP contribution in [0.1, 0.15) is 0 Å². The van der Waals surface area contributed by atoms with E-state index < -0.39 is 17.8 Å². The third kappa shape index (κ3) is 4.79. The van der Waals surface area contributed by atoms with Gasteiger partial charge in [-0.25, -0.2) is 0 Å². The molecular formula is C4H14O3Si2. The van der Waals surface area contributed by atoms with Crippen LogP contribution in [0.4, 0.5) is 0 Å². The summed E-state index contributed by atoms with van der Waals surface area (Å²) in [5, 5.41) is 0. The zero-order chi connectivity index (χ0) is 7.49. The predicted octanol–water partition coefficient (Wildman–Crippen LogP) is 0.194. The van der Waals surface area contributed by atoms with E-state index in [-0.39, 0.29) is 0 Å². The molecule has 0 spiro atoms. The standard InChI is InChI=1S/C4H14O3Si2/c1-6-9(3,4)7-8(2)5/h5,8H,1-4H3. The van der Waals surface area contributed by atoms with E-state index in [0.29, 0.717) is 0 Å². The van der Waals surface area contributed by atoms with Gasteiger partial charge in [-0.15, -0.1) is 0 Å². The Hall–Kier alpha value is 0.314. The van der Waals surface area contributed by atoms with Crippen LogP contribution in [-0.4, -0.2) is 29.8 Å². The molecule has 0 saturated carbocycles. The summed E-state index contributed by atoms with van der Waals surface area (Å²) in [4.78, 5) is 8.89. The van der Waals surface area contributed by atoms with E-state index in [2.05, 4.69) is 0 Å². The van der Waals surface area contributed by atoms with Crippen molar-refractivity contribution in [2.75, 3.05) is 7.11 Å². The van der Waals surface area contributed by atoms with Gasteiger partial charge in [0.1, 0.15) is 0 Å². The molecule has 0 aliphatic heterocycles. The van der Waals surface area contributed by atoms with Crippen LogP contribution in [0, 0.1) is 0 Å². The Balaban J connectivity index is 3.58. The fraction of sp³-hybridized carbons (Fsp3) is 1.00. The van der Waals surface area contributed by atoms with Crippen LogP contribution < -0.4 is 0 Å². The quantitative estimate of drug-likeness (QED) is 0.609. The lowest BCUT2D eigenvalue weighted by Gasteiger charge is -2.21. The van der Waals surface area contributed by atoms with Gasteiger partial charge in [0.15, 0.2) is 0 Å². The fourth-order valence-electron chi connectivity index (χ4n) is 0.459. The van der Waals surface area contributed by atoms with Gasteiger partial charge in [0.25, 0.3) is 0 Å². The van der Waals surface area contributed by atoms with Gasteiger partial charge in [0.05, 0.1) is 0 Å². The van der Waals surface area contributed by atoms with E-state index in [4.69, 9.17) is 13.3 Å². The first-order valence-corrected chi connectivity index (χ1v) is 7.85. The van der Waals surface area contributed by atoms with Crippen LogP contribution in [0.2, 0.25) is 19.6 Å². The molecule has 0 heterocycles. The molecule has 0 rings (SSSR count). The van der Waals surface area contributed by atoms with Crippen molar-refractivity contribution in [1.82, 2.24) is 0 Å². The average Bonchev–Trinajstić information content (AvgIpc) is 1.63. The van der Waals surface area contributed by atoms with Crippen molar-refractivity contribution >= 4 is 17.8 Å². The highest BCUT2D eigenvalue weighted by molar-refractivity contribution is 6.71. The molecule has 1 N–H and O–H groups in total. The van der Waals surface area contributed by atoms with Gasteiger partial charge in [0.2, 0.25) is 0 Å². The molecule has 3 nitrogen and oxygen atoms in total. The van der Waals surface area contributed by atoms with Crippen molar-refractivity contribution in [2.24, 2.45) is 0 Å². The molecule has 9 heavy (non-hydrogen) atoms. The summed E-state index contributed by atoms with van der Waals surface area (Å²) in [5.41, 5.74) is 0. The Kier molecular flexibility index (Phi) is 3.60. The SMILES string of the molecule is CO[Si](C)(C)O[SiH](C)O. The maximum Gasteiger partial charge on any atom is 0.322 e. The molecule has 0 aromatic carbocycles. The minimum absolute atomic E-state index is 1.61. The molecule has 56 valence electrons. The van der Waals surface area contributed by atoms with Gasteiger partial charge < -0.3 is 13.3 Å². The van der Waals surface area contributed by atoms with Crippen molar-refractivity contribution in [1.29, 1.82) is 0 Å². The highest BCUT2D eigenvalue weighted by atomic mass is 28.4. The summed E-state index contributed by atoms with van der Waals surface area (Å²) in [7, 11) is -2.19. The Bertz CT molecular complexity index is 83.9. The maximum atomic E-state index is 8.89. The second kappa shape index (κ2) is 3.47. The van der Waals surface area contributed by atoms with Crippen molar-refractivity contribution in [2.45, 2.75) is 19.6 Å². The monoisotopic (exact) mass is 166 g/mol. The molecule has 0 saturated heterocycles. The number of hydrogen-bond acceptors (Lipinski definition) is 3. The molecule has 1 atom stereocenters. The van der Waals surface area contributed by atoms with E-state index >= 15 is 0 Å². The number of hydrogen-bond donors (Lipinski definition) is 1. The largest absolute Gasteiger partial charge is 0.417 e. The maximum absolute atomic E-state index is 8.89. The van der Waals surface area contributed by atoms with Gasteiger partial charge in [-0.1, -0.05) is 0 Å². The molecule has 0 aliphatic carbocycles. The lowest BCUT2D eigenvalue weighted by atomic mass is 11.8. The summed E-state index contributed by atoms with van der Waals surface area (Å²) >= 11 is 0. The topological polar surface area (TPSA) is 38.7 Å². The third-order valence-electron chi connectivity index (χ3n) is 0.946. The summed E-state index contributed by atoms with van der Waals surface area (Å²) < 4.78 is 10.2. The van der Waals surface area contributed by atoms with Gasteiger partial charge >= 0.3 is 17.8 Å². The molecule has 0 bridgehead atoms. The molecule has 0 amide bonds. The van der Waals surface area contributed by atoms with Gasteiger partial charge in [-0.2, -0.15) is 0 Å². The van der Waals surface area contributed by atoms with Crippen molar-refractivity contribution in [3.8, 4) is 0 Å². The van der Waals surface area contributed by atoms with E-state index in [0.717, 1.165) is 0 Å². The lowest BCUT2D eigenvalue weighted by molar-refractivity contribution is 0.290. The van der Waals surface area contributed by atoms with Crippen molar-refractivity contribution in [3.05, 3.63) is 0 Å². The van der Waals surface area contributed by atoms with E-state index in [1.165, 1.54) is 0 Å². The van der Waals surface area contributed by atoms with Crippen LogP contribution in [-0.2, 0) is 8.54 Å².